The average molecular weight is 502 g/mol. The number of aryl methyl sites for hydroxylation is 1. The Bertz CT molecular complexity index is 1140. The van der Waals surface area contributed by atoms with Crippen molar-refractivity contribution in [2.24, 2.45) is 4.99 Å². The van der Waals surface area contributed by atoms with Gasteiger partial charge in [0.25, 0.3) is 5.91 Å². The highest BCUT2D eigenvalue weighted by Crippen LogP contribution is 2.40. The molecule has 31 heavy (non-hydrogen) atoms. The molecule has 2 aromatic carbocycles. The first-order valence-corrected chi connectivity index (χ1v) is 11.0. The van der Waals surface area contributed by atoms with Gasteiger partial charge in [0, 0.05) is 5.56 Å². The van der Waals surface area contributed by atoms with E-state index in [2.05, 4.69) is 20.9 Å². The molecule has 0 spiro atoms. The van der Waals surface area contributed by atoms with Crippen LogP contribution in [0.25, 0.3) is 6.08 Å². The molecule has 0 unspecified atom stereocenters. The van der Waals surface area contributed by atoms with Crippen molar-refractivity contribution in [1.82, 2.24) is 0 Å². The lowest BCUT2D eigenvalue weighted by atomic mass is 10.1. The van der Waals surface area contributed by atoms with Gasteiger partial charge in [-0.25, -0.2) is 9.79 Å². The number of ether oxygens (including phenoxy) is 2. The van der Waals surface area contributed by atoms with Gasteiger partial charge in [0.05, 0.1) is 23.1 Å². The molecule has 0 aliphatic carbocycles. The van der Waals surface area contributed by atoms with Crippen molar-refractivity contribution in [2.75, 3.05) is 13.7 Å². The van der Waals surface area contributed by atoms with Gasteiger partial charge in [0.1, 0.15) is 22.1 Å². The average Bonchev–Trinajstić information content (AvgIpc) is 3.03. The molecule has 0 saturated carbocycles. The Morgan fingerprint density at radius 3 is 2.61 bits per heavy atom. The summed E-state index contributed by atoms with van der Waals surface area (Å²) in [4.78, 5) is 29.7. The van der Waals surface area contributed by atoms with E-state index in [1.807, 2.05) is 31.2 Å². The van der Waals surface area contributed by atoms with Crippen molar-refractivity contribution < 1.29 is 24.2 Å². The van der Waals surface area contributed by atoms with E-state index in [1.165, 1.54) is 0 Å². The number of esters is 1. The molecule has 0 atom stereocenters. The number of hydrogen-bond acceptors (Lipinski definition) is 6. The molecule has 0 aromatic heterocycles. The third-order valence-corrected chi connectivity index (χ3v) is 6.06. The van der Waals surface area contributed by atoms with E-state index in [9.17, 15) is 14.7 Å². The number of carbonyl (C=O) groups excluding carboxylic acids is 2. The van der Waals surface area contributed by atoms with Gasteiger partial charge in [-0.15, -0.1) is 0 Å². The second kappa shape index (κ2) is 9.98. The van der Waals surface area contributed by atoms with Gasteiger partial charge in [-0.3, -0.25) is 4.79 Å². The van der Waals surface area contributed by atoms with Gasteiger partial charge in [-0.1, -0.05) is 36.0 Å². The molecule has 6 nitrogen and oxygen atoms in total. The molecule has 3 rings (SSSR count). The van der Waals surface area contributed by atoms with Gasteiger partial charge in [0.15, 0.2) is 0 Å². The van der Waals surface area contributed by atoms with Gasteiger partial charge in [-0.05, 0) is 65.2 Å². The number of aliphatic hydroxyl groups is 1. The lowest BCUT2D eigenvalue weighted by Gasteiger charge is -2.04. The largest absolute Gasteiger partial charge is 0.506 e. The van der Waals surface area contributed by atoms with Gasteiger partial charge >= 0.3 is 5.97 Å². The fourth-order valence-corrected chi connectivity index (χ4v) is 4.45. The van der Waals surface area contributed by atoms with Crippen LogP contribution in [0.2, 0.25) is 0 Å². The smallest absolute Gasteiger partial charge is 0.344 e. The van der Waals surface area contributed by atoms with Crippen LogP contribution < -0.4 is 4.74 Å². The molecule has 1 amide bonds. The summed E-state index contributed by atoms with van der Waals surface area (Å²) in [6.07, 6.45) is 1.70. The van der Waals surface area contributed by atoms with Crippen molar-refractivity contribution in [3.05, 3.63) is 79.9 Å². The molecule has 0 radical (unpaired) electrons. The second-order valence-corrected chi connectivity index (χ2v) is 8.37. The first-order valence-electron chi connectivity index (χ1n) is 9.38. The van der Waals surface area contributed by atoms with Crippen molar-refractivity contribution in [3.8, 4) is 5.75 Å². The zero-order chi connectivity index (χ0) is 22.5. The first-order chi connectivity index (χ1) is 14.8. The lowest BCUT2D eigenvalue weighted by Crippen LogP contribution is -2.14. The Morgan fingerprint density at radius 2 is 1.97 bits per heavy atom. The summed E-state index contributed by atoms with van der Waals surface area (Å²) in [6.45, 7) is 3.60. The molecule has 1 aliphatic rings. The molecule has 8 heteroatoms. The number of amides is 1. The fraction of sp³-hybridized carbons (Fsp3) is 0.174. The summed E-state index contributed by atoms with van der Waals surface area (Å²) in [5.74, 6) is -0.835. The van der Waals surface area contributed by atoms with E-state index in [-0.39, 0.29) is 23.0 Å². The highest BCUT2D eigenvalue weighted by molar-refractivity contribution is 9.10. The van der Waals surface area contributed by atoms with Crippen LogP contribution >= 0.6 is 27.7 Å². The third kappa shape index (κ3) is 5.08. The van der Waals surface area contributed by atoms with Crippen LogP contribution in [0.5, 0.6) is 5.75 Å². The van der Waals surface area contributed by atoms with Crippen LogP contribution in [-0.4, -0.2) is 35.7 Å². The monoisotopic (exact) mass is 501 g/mol. The number of carbonyl (C=O) groups is 2. The van der Waals surface area contributed by atoms with Gasteiger partial charge < -0.3 is 14.6 Å². The highest BCUT2D eigenvalue weighted by Gasteiger charge is 2.34. The van der Waals surface area contributed by atoms with Crippen LogP contribution in [0.4, 0.5) is 0 Å². The molecule has 1 aliphatic heterocycles. The lowest BCUT2D eigenvalue weighted by molar-refractivity contribution is -0.138. The number of benzene rings is 2. The maximum atomic E-state index is 12.7. The van der Waals surface area contributed by atoms with Gasteiger partial charge in [-0.2, -0.15) is 0 Å². The minimum atomic E-state index is -0.733. The zero-order valence-corrected chi connectivity index (χ0v) is 19.5. The molecule has 1 heterocycles. The van der Waals surface area contributed by atoms with Crippen LogP contribution in [0.3, 0.4) is 0 Å². The molecule has 0 fully saturated rings. The summed E-state index contributed by atoms with van der Waals surface area (Å²) >= 11 is 4.47. The maximum Gasteiger partial charge on any atom is 0.344 e. The Balaban J connectivity index is 2.03. The summed E-state index contributed by atoms with van der Waals surface area (Å²) in [6, 6.07) is 12.4. The number of rotatable bonds is 5. The maximum absolute atomic E-state index is 12.7. The van der Waals surface area contributed by atoms with Crippen LogP contribution in [0.15, 0.2) is 68.2 Å². The summed E-state index contributed by atoms with van der Waals surface area (Å²) in [5.41, 5.74) is 1.84. The predicted molar refractivity (Wildman–Crippen MR) is 125 cm³/mol. The minimum absolute atomic E-state index is 0.100. The fourth-order valence-electron chi connectivity index (χ4n) is 2.88. The van der Waals surface area contributed by atoms with Crippen molar-refractivity contribution in [3.63, 3.8) is 0 Å². The topological polar surface area (TPSA) is 85.2 Å². The van der Waals surface area contributed by atoms with Crippen molar-refractivity contribution >= 4 is 50.7 Å². The third-order valence-electron chi connectivity index (χ3n) is 4.42. The Hall–Kier alpha value is -2.84. The van der Waals surface area contributed by atoms with E-state index in [4.69, 9.17) is 9.47 Å². The Morgan fingerprint density at radius 1 is 1.23 bits per heavy atom. The Labute approximate surface area is 192 Å². The van der Waals surface area contributed by atoms with E-state index in [0.29, 0.717) is 16.2 Å². The number of thioether (sulfide) groups is 1. The first kappa shape index (κ1) is 22.8. The zero-order valence-electron chi connectivity index (χ0n) is 17.1. The quantitative estimate of drug-likeness (QED) is 0.546. The number of methoxy groups -OCH3 is 1. The van der Waals surface area contributed by atoms with Crippen molar-refractivity contribution in [2.45, 2.75) is 13.8 Å². The van der Waals surface area contributed by atoms with Gasteiger partial charge in [0.2, 0.25) is 0 Å². The predicted octanol–water partition coefficient (Wildman–Crippen LogP) is 5.47. The molecular weight excluding hydrogens is 482 g/mol. The SMILES string of the molecule is CCOC(=O)C1=C(O)/C(=C/c2ccc(OC)c(Br)c2)SC1=NC(=O)c1ccccc1C. The summed E-state index contributed by atoms with van der Waals surface area (Å²) in [5, 5.41) is 10.8. The Kier molecular flexibility index (Phi) is 7.35. The summed E-state index contributed by atoms with van der Waals surface area (Å²) < 4.78 is 11.0. The molecule has 0 bridgehead atoms. The number of nitrogens with zero attached hydrogens (tertiary/aromatic N) is 1. The molecule has 1 N–H and O–H groups in total. The standard InChI is InChI=1S/C23H20BrNO5S/c1-4-30-23(28)19-20(26)18(12-14-9-10-17(29-3)16(24)11-14)31-22(19)25-21(27)15-8-6-5-7-13(15)2/h5-12,26H,4H2,1-3H3/b18-12-,25-22?. The number of halogens is 1. The minimum Gasteiger partial charge on any atom is -0.506 e. The molecule has 0 saturated heterocycles. The molecular formula is C23H20BrNO5S. The number of hydrogen-bond donors (Lipinski definition) is 1. The van der Waals surface area contributed by atoms with Crippen molar-refractivity contribution in [1.29, 1.82) is 0 Å². The molecule has 160 valence electrons. The van der Waals surface area contributed by atoms with Crippen LogP contribution in [0, 0.1) is 6.92 Å². The summed E-state index contributed by atoms with van der Waals surface area (Å²) in [7, 11) is 1.57. The van der Waals surface area contributed by atoms with E-state index in [1.54, 1.807) is 38.3 Å². The van der Waals surface area contributed by atoms with E-state index < -0.39 is 11.9 Å². The normalized spacial score (nSPS) is 16.1. The second-order valence-electron chi connectivity index (χ2n) is 6.49. The highest BCUT2D eigenvalue weighted by atomic mass is 79.9. The number of aliphatic imine (C=N–C) groups is 1. The van der Waals surface area contributed by atoms with Crippen LogP contribution in [0.1, 0.15) is 28.4 Å². The number of aliphatic hydroxyl groups excluding tert-OH is 1. The van der Waals surface area contributed by atoms with E-state index in [0.717, 1.165) is 27.4 Å². The van der Waals surface area contributed by atoms with Crippen LogP contribution in [-0.2, 0) is 9.53 Å². The van der Waals surface area contributed by atoms with E-state index >= 15 is 0 Å². The molecule has 2 aromatic rings.